The van der Waals surface area contributed by atoms with Crippen LogP contribution in [-0.2, 0) is 13.1 Å². The third kappa shape index (κ3) is 5.27. The summed E-state index contributed by atoms with van der Waals surface area (Å²) in [6.45, 7) is 7.46. The van der Waals surface area contributed by atoms with Gasteiger partial charge < -0.3 is 9.80 Å². The van der Waals surface area contributed by atoms with Crippen LogP contribution in [0.4, 0.5) is 11.4 Å². The SMILES string of the molecule is Cc1cc(P(c2ccccc2)c2ccccc2)cc2c1N1Cc3cc(P(c4ccccc4)c4ccccc4)cc(C)c3N(C2)C1. The van der Waals surface area contributed by atoms with Crippen LogP contribution in [0.3, 0.4) is 0 Å². The number of hydrogen-bond acceptors (Lipinski definition) is 2. The number of nitrogens with zero attached hydrogens (tertiary/aromatic N) is 2. The topological polar surface area (TPSA) is 6.48 Å². The molecule has 2 aliphatic rings. The summed E-state index contributed by atoms with van der Waals surface area (Å²) in [6, 6.07) is 54.3. The predicted octanol–water partition coefficient (Wildman–Crippen LogP) is 7.12. The second-order valence-electron chi connectivity index (χ2n) is 12.1. The van der Waals surface area contributed by atoms with E-state index < -0.39 is 15.8 Å². The van der Waals surface area contributed by atoms with Gasteiger partial charge in [0.15, 0.2) is 0 Å². The smallest absolute Gasteiger partial charge is 0.0910 e. The Morgan fingerprint density at radius 2 is 0.711 bits per heavy atom. The average Bonchev–Trinajstić information content (AvgIpc) is 3.06. The Morgan fingerprint density at radius 1 is 0.400 bits per heavy atom. The Labute approximate surface area is 269 Å². The Kier molecular flexibility index (Phi) is 7.50. The van der Waals surface area contributed by atoms with Crippen LogP contribution < -0.4 is 41.6 Å². The van der Waals surface area contributed by atoms with E-state index in [9.17, 15) is 0 Å². The van der Waals surface area contributed by atoms with Gasteiger partial charge in [-0.15, -0.1) is 0 Å². The molecule has 220 valence electrons. The van der Waals surface area contributed by atoms with E-state index >= 15 is 0 Å². The highest BCUT2D eigenvalue weighted by molar-refractivity contribution is 7.80. The molecule has 0 fully saturated rings. The molecule has 2 bridgehead atoms. The highest BCUT2D eigenvalue weighted by Crippen LogP contribution is 2.44. The van der Waals surface area contributed by atoms with E-state index in [0.29, 0.717) is 0 Å². The summed E-state index contributed by atoms with van der Waals surface area (Å²) in [4.78, 5) is 5.23. The molecule has 0 amide bonds. The van der Waals surface area contributed by atoms with E-state index in [1.54, 1.807) is 0 Å². The minimum absolute atomic E-state index is 0.642. The molecular formula is C41H36N2P2. The van der Waals surface area contributed by atoms with Crippen molar-refractivity contribution in [2.45, 2.75) is 26.9 Å². The summed E-state index contributed by atoms with van der Waals surface area (Å²) >= 11 is 0. The zero-order chi connectivity index (χ0) is 30.3. The van der Waals surface area contributed by atoms with Gasteiger partial charge in [0.25, 0.3) is 0 Å². The molecule has 0 aliphatic carbocycles. The normalized spacial score (nSPS) is 13.6. The van der Waals surface area contributed by atoms with E-state index in [4.69, 9.17) is 0 Å². The lowest BCUT2D eigenvalue weighted by Gasteiger charge is -2.46. The van der Waals surface area contributed by atoms with Crippen molar-refractivity contribution in [3.63, 3.8) is 0 Å². The Balaban J connectivity index is 1.20. The number of anilines is 2. The maximum absolute atomic E-state index is 2.62. The van der Waals surface area contributed by atoms with Gasteiger partial charge in [-0.1, -0.05) is 121 Å². The lowest BCUT2D eigenvalue weighted by atomic mass is 9.97. The van der Waals surface area contributed by atoms with Crippen molar-refractivity contribution in [3.05, 3.63) is 168 Å². The lowest BCUT2D eigenvalue weighted by Crippen LogP contribution is -2.47. The summed E-state index contributed by atoms with van der Waals surface area (Å²) in [5, 5.41) is 8.47. The van der Waals surface area contributed by atoms with Crippen LogP contribution in [-0.4, -0.2) is 6.67 Å². The van der Waals surface area contributed by atoms with Gasteiger partial charge in [-0.25, -0.2) is 0 Å². The summed E-state index contributed by atoms with van der Waals surface area (Å²) in [5.74, 6) is 0. The Morgan fingerprint density at radius 3 is 1.02 bits per heavy atom. The molecule has 4 heteroatoms. The molecule has 8 rings (SSSR count). The molecule has 6 aromatic rings. The van der Waals surface area contributed by atoms with Crippen LogP contribution in [0.2, 0.25) is 0 Å². The molecule has 6 aromatic carbocycles. The van der Waals surface area contributed by atoms with Crippen molar-refractivity contribution >= 4 is 59.0 Å². The quantitative estimate of drug-likeness (QED) is 0.184. The molecule has 2 heterocycles. The van der Waals surface area contributed by atoms with Gasteiger partial charge in [-0.05, 0) is 108 Å². The van der Waals surface area contributed by atoms with Crippen LogP contribution in [0.25, 0.3) is 0 Å². The molecule has 0 N–H and O–H groups in total. The zero-order valence-corrected chi connectivity index (χ0v) is 27.6. The molecule has 0 saturated carbocycles. The first-order valence-electron chi connectivity index (χ1n) is 15.7. The average molecular weight is 619 g/mol. The van der Waals surface area contributed by atoms with Gasteiger partial charge in [-0.3, -0.25) is 0 Å². The summed E-state index contributed by atoms with van der Waals surface area (Å²) in [5.41, 5.74) is 8.50. The van der Waals surface area contributed by atoms with Crippen molar-refractivity contribution in [1.29, 1.82) is 0 Å². The largest absolute Gasteiger partial charge is 0.349 e. The van der Waals surface area contributed by atoms with Gasteiger partial charge >= 0.3 is 0 Å². The minimum atomic E-state index is -0.642. The second-order valence-corrected chi connectivity index (χ2v) is 16.5. The fourth-order valence-corrected chi connectivity index (χ4v) is 12.2. The molecule has 0 spiro atoms. The predicted molar refractivity (Wildman–Crippen MR) is 197 cm³/mol. The first-order valence-corrected chi connectivity index (χ1v) is 18.4. The van der Waals surface area contributed by atoms with Crippen molar-refractivity contribution < 1.29 is 0 Å². The van der Waals surface area contributed by atoms with Crippen LogP contribution >= 0.6 is 15.8 Å². The zero-order valence-electron chi connectivity index (χ0n) is 25.8. The van der Waals surface area contributed by atoms with E-state index in [0.717, 1.165) is 19.8 Å². The van der Waals surface area contributed by atoms with E-state index in [1.807, 2.05) is 0 Å². The Bertz CT molecular complexity index is 1740. The monoisotopic (exact) mass is 618 g/mol. The van der Waals surface area contributed by atoms with Gasteiger partial charge in [-0.2, -0.15) is 0 Å². The highest BCUT2D eigenvalue weighted by Gasteiger charge is 2.33. The maximum Gasteiger partial charge on any atom is 0.0910 e. The standard InChI is InChI=1S/C41H36N2P2/c1-30-23-38(44(34-15-7-3-8-16-34)35-17-9-4-10-18-35)25-32-27-43-29-42(40(30)32)28-33-26-39(24-31(2)41(33)43)45(36-19-11-5-12-20-36)37-21-13-6-14-22-37/h3-26H,27-29H2,1-2H3. The summed E-state index contributed by atoms with van der Waals surface area (Å²) in [6.07, 6.45) is 0. The first-order chi connectivity index (χ1) is 22.1. The van der Waals surface area contributed by atoms with Crippen molar-refractivity contribution in [2.75, 3.05) is 16.5 Å². The molecule has 45 heavy (non-hydrogen) atoms. The van der Waals surface area contributed by atoms with E-state index in [-0.39, 0.29) is 0 Å². The third-order valence-electron chi connectivity index (χ3n) is 9.00. The Hall–Kier alpha value is -4.22. The molecule has 0 aromatic heterocycles. The fourth-order valence-electron chi connectivity index (χ4n) is 7.29. The van der Waals surface area contributed by atoms with Crippen LogP contribution in [0.15, 0.2) is 146 Å². The summed E-state index contributed by atoms with van der Waals surface area (Å²) < 4.78 is 0. The number of hydrogen-bond donors (Lipinski definition) is 0. The number of benzene rings is 6. The van der Waals surface area contributed by atoms with Crippen LogP contribution in [0.5, 0.6) is 0 Å². The molecule has 0 radical (unpaired) electrons. The van der Waals surface area contributed by atoms with Crippen molar-refractivity contribution in [1.82, 2.24) is 0 Å². The van der Waals surface area contributed by atoms with Gasteiger partial charge in [0, 0.05) is 24.5 Å². The summed E-state index contributed by atoms with van der Waals surface area (Å²) in [7, 11) is -1.28. The maximum atomic E-state index is 2.62. The fraction of sp³-hybridized carbons (Fsp3) is 0.122. The molecule has 2 nitrogen and oxygen atoms in total. The van der Waals surface area contributed by atoms with Gasteiger partial charge in [0.05, 0.1) is 6.67 Å². The molecular weight excluding hydrogens is 582 g/mol. The molecule has 2 aliphatic heterocycles. The third-order valence-corrected chi connectivity index (χ3v) is 13.8. The number of fused-ring (bicyclic) bond motifs is 6. The van der Waals surface area contributed by atoms with Crippen molar-refractivity contribution in [3.8, 4) is 0 Å². The molecule has 0 atom stereocenters. The van der Waals surface area contributed by atoms with Crippen LogP contribution in [0, 0.1) is 13.8 Å². The molecule has 0 saturated heterocycles. The number of rotatable bonds is 6. The van der Waals surface area contributed by atoms with Gasteiger partial charge in [0.1, 0.15) is 0 Å². The number of aryl methyl sites for hydroxylation is 2. The lowest BCUT2D eigenvalue weighted by molar-refractivity contribution is 0.647. The molecule has 0 unspecified atom stereocenters. The highest BCUT2D eigenvalue weighted by atomic mass is 31.1. The van der Waals surface area contributed by atoms with Gasteiger partial charge in [0.2, 0.25) is 0 Å². The first kappa shape index (κ1) is 28.3. The van der Waals surface area contributed by atoms with E-state index in [2.05, 4.69) is 169 Å². The van der Waals surface area contributed by atoms with Crippen molar-refractivity contribution in [2.24, 2.45) is 0 Å². The van der Waals surface area contributed by atoms with Crippen LogP contribution in [0.1, 0.15) is 22.3 Å². The van der Waals surface area contributed by atoms with E-state index in [1.165, 1.54) is 65.5 Å². The second kappa shape index (κ2) is 11.9. The minimum Gasteiger partial charge on any atom is -0.349 e.